The highest BCUT2D eigenvalue weighted by Gasteiger charge is 2.35. The molecule has 1 fully saturated rings. The van der Waals surface area contributed by atoms with E-state index in [-0.39, 0.29) is 30.2 Å². The van der Waals surface area contributed by atoms with Crippen molar-refractivity contribution in [3.8, 4) is 22.8 Å². The number of benzene rings is 4. The number of hydrogen-bond acceptors (Lipinski definition) is 7. The summed E-state index contributed by atoms with van der Waals surface area (Å²) in [5, 5.41) is 10.9. The van der Waals surface area contributed by atoms with Gasteiger partial charge in [0.25, 0.3) is 11.8 Å². The van der Waals surface area contributed by atoms with Gasteiger partial charge in [-0.2, -0.15) is 0 Å². The van der Waals surface area contributed by atoms with E-state index in [4.69, 9.17) is 9.47 Å². The number of morpholine rings is 1. The Balaban J connectivity index is 1.10. The third kappa shape index (κ3) is 7.30. The zero-order valence-electron chi connectivity index (χ0n) is 34.6. The lowest BCUT2D eigenvalue weighted by atomic mass is 9.89. The van der Waals surface area contributed by atoms with Crippen LogP contribution in [0.2, 0.25) is 0 Å². The summed E-state index contributed by atoms with van der Waals surface area (Å²) in [6.07, 6.45) is 2.81. The number of carbonyl (C=O) groups excluding carboxylic acids is 3. The number of aromatic nitrogens is 2. The van der Waals surface area contributed by atoms with Gasteiger partial charge in [-0.25, -0.2) is 4.79 Å². The number of phenolic OH excluding ortho intramolecular Hbond substituents is 1. The predicted molar refractivity (Wildman–Crippen MR) is 231 cm³/mol. The summed E-state index contributed by atoms with van der Waals surface area (Å²) in [7, 11) is 5.58. The number of ether oxygens (including phenoxy) is 2. The number of hydrogen-bond donors (Lipinski definition) is 1. The van der Waals surface area contributed by atoms with Crippen molar-refractivity contribution in [2.24, 2.45) is 14.1 Å². The molecule has 4 aromatic carbocycles. The first-order valence-corrected chi connectivity index (χ1v) is 20.6. The molecule has 60 heavy (non-hydrogen) atoms. The highest BCUT2D eigenvalue weighted by molar-refractivity contribution is 6.08. The minimum absolute atomic E-state index is 0.0765. The minimum Gasteiger partial charge on any atom is -0.508 e. The fourth-order valence-electron chi connectivity index (χ4n) is 9.09. The Hall–Kier alpha value is -6.37. The molecule has 0 saturated carbocycles. The van der Waals surface area contributed by atoms with Crippen LogP contribution in [0.25, 0.3) is 22.2 Å². The minimum atomic E-state index is -0.441. The van der Waals surface area contributed by atoms with Crippen LogP contribution in [0.1, 0.15) is 48.7 Å². The number of aromatic hydroxyl groups is 1. The lowest BCUT2D eigenvalue weighted by Gasteiger charge is -2.41. The lowest BCUT2D eigenvalue weighted by molar-refractivity contribution is 0.0193. The summed E-state index contributed by atoms with van der Waals surface area (Å²) in [6.45, 7) is 6.80. The fraction of sp³-hybridized carbons (Fsp3) is 0.312. The van der Waals surface area contributed by atoms with Crippen LogP contribution in [0.5, 0.6) is 11.5 Å². The Labute approximate surface area is 349 Å². The summed E-state index contributed by atoms with van der Waals surface area (Å²) in [4.78, 5) is 51.1. The number of aryl methyl sites for hydroxylation is 1. The molecule has 0 bridgehead atoms. The molecule has 12 heteroatoms. The van der Waals surface area contributed by atoms with Crippen LogP contribution in [-0.2, 0) is 44.8 Å². The van der Waals surface area contributed by atoms with E-state index in [9.17, 15) is 14.7 Å². The van der Waals surface area contributed by atoms with E-state index in [1.807, 2.05) is 83.7 Å². The van der Waals surface area contributed by atoms with E-state index >= 15 is 4.79 Å². The summed E-state index contributed by atoms with van der Waals surface area (Å²) < 4.78 is 15.7. The third-order valence-corrected chi connectivity index (χ3v) is 12.7. The molecule has 308 valence electrons. The van der Waals surface area contributed by atoms with E-state index in [0.717, 1.165) is 70.6 Å². The van der Waals surface area contributed by atoms with Crippen molar-refractivity contribution in [3.05, 3.63) is 136 Å². The van der Waals surface area contributed by atoms with Gasteiger partial charge >= 0.3 is 6.09 Å². The predicted octanol–water partition coefficient (Wildman–Crippen LogP) is 6.93. The Kier molecular flexibility index (Phi) is 10.4. The molecule has 0 spiro atoms. The van der Waals surface area contributed by atoms with Gasteiger partial charge in [0, 0.05) is 106 Å². The van der Waals surface area contributed by atoms with Crippen molar-refractivity contribution >= 4 is 34.5 Å². The van der Waals surface area contributed by atoms with Crippen LogP contribution in [0, 0.1) is 6.92 Å². The molecule has 1 N–H and O–H groups in total. The van der Waals surface area contributed by atoms with E-state index in [1.165, 1.54) is 5.56 Å². The summed E-state index contributed by atoms with van der Waals surface area (Å²) in [5.41, 5.74) is 9.09. The van der Waals surface area contributed by atoms with Gasteiger partial charge in [-0.3, -0.25) is 14.5 Å². The molecule has 2 aromatic heterocycles. The smallest absolute Gasteiger partial charge is 0.415 e. The molecule has 12 nitrogen and oxygen atoms in total. The SMILES string of the molecule is Cc1c(C(=O)N(C)c2ccc(O)cc2)cc(-c2cc3c(cc2C(=O)N2Cc4ccccc4C[C@H]2CN2CCOCC2)CN(C(=O)Oc2cccc4ccn(C)c24)CC3)n1C. The maximum Gasteiger partial charge on any atom is 0.415 e. The molecule has 3 aliphatic heterocycles. The highest BCUT2D eigenvalue weighted by atomic mass is 16.6. The number of anilines is 1. The quantitative estimate of drug-likeness (QED) is 0.186. The van der Waals surface area contributed by atoms with E-state index in [2.05, 4.69) is 29.2 Å². The topological polar surface area (TPSA) is 113 Å². The number of amides is 3. The van der Waals surface area contributed by atoms with Crippen LogP contribution < -0.4 is 9.64 Å². The Morgan fingerprint density at radius 2 is 1.60 bits per heavy atom. The Morgan fingerprint density at radius 3 is 2.38 bits per heavy atom. The van der Waals surface area contributed by atoms with Gasteiger partial charge in [0.1, 0.15) is 5.75 Å². The van der Waals surface area contributed by atoms with Gasteiger partial charge in [-0.1, -0.05) is 36.4 Å². The molecule has 1 saturated heterocycles. The van der Waals surface area contributed by atoms with Crippen molar-refractivity contribution in [1.29, 1.82) is 0 Å². The average Bonchev–Trinajstić information content (AvgIpc) is 3.80. The number of nitrogens with zero attached hydrogens (tertiary/aromatic N) is 6. The second-order valence-corrected chi connectivity index (χ2v) is 16.3. The molecule has 1 atom stereocenters. The van der Waals surface area contributed by atoms with Crippen LogP contribution >= 0.6 is 0 Å². The van der Waals surface area contributed by atoms with Gasteiger partial charge in [-0.05, 0) is 96.6 Å². The van der Waals surface area contributed by atoms with Crippen LogP contribution in [0.3, 0.4) is 0 Å². The average molecular weight is 807 g/mol. The molecule has 0 aliphatic carbocycles. The largest absolute Gasteiger partial charge is 0.508 e. The van der Waals surface area contributed by atoms with Crippen molar-refractivity contribution in [3.63, 3.8) is 0 Å². The normalized spacial score (nSPS) is 16.7. The number of rotatable bonds is 7. The lowest BCUT2D eigenvalue weighted by Crippen LogP contribution is -2.52. The standard InChI is InChI=1S/C48H50N6O6/c1-31-40(46(56)51(4)37-12-14-39(55)15-13-37)27-43(50(31)3)41-25-34-17-19-53(48(58)60-44-11-7-10-32-16-18-49(2)45(32)44)28-36(34)26-42(41)47(57)54-29-35-9-6-5-8-33(35)24-38(54)30-52-20-22-59-23-21-52/h5-16,18,25-27,38,55H,17,19-24,28-30H2,1-4H3/t38-/m0/s1. The van der Waals surface area contributed by atoms with Gasteiger partial charge in [-0.15, -0.1) is 0 Å². The number of phenols is 1. The first-order chi connectivity index (χ1) is 29.0. The zero-order valence-corrected chi connectivity index (χ0v) is 34.6. The maximum atomic E-state index is 15.5. The van der Waals surface area contributed by atoms with Gasteiger partial charge in [0.2, 0.25) is 0 Å². The molecular weight excluding hydrogens is 757 g/mol. The van der Waals surface area contributed by atoms with Crippen molar-refractivity contribution in [2.75, 3.05) is 51.3 Å². The van der Waals surface area contributed by atoms with Gasteiger partial charge in [0.05, 0.1) is 24.3 Å². The summed E-state index contributed by atoms with van der Waals surface area (Å²) in [5.74, 6) is 0.323. The van der Waals surface area contributed by atoms with Gasteiger partial charge in [0.15, 0.2) is 5.75 Å². The summed E-state index contributed by atoms with van der Waals surface area (Å²) in [6, 6.07) is 28.5. The molecule has 3 aliphatic rings. The second kappa shape index (κ2) is 16.0. The maximum absolute atomic E-state index is 15.5. The first-order valence-electron chi connectivity index (χ1n) is 20.6. The first kappa shape index (κ1) is 39.1. The van der Waals surface area contributed by atoms with E-state index < -0.39 is 6.09 Å². The van der Waals surface area contributed by atoms with Crippen molar-refractivity contribution < 1.29 is 29.0 Å². The molecule has 6 aromatic rings. The van der Waals surface area contributed by atoms with Crippen LogP contribution in [0.4, 0.5) is 10.5 Å². The number of carbonyl (C=O) groups is 3. The fourth-order valence-corrected chi connectivity index (χ4v) is 9.09. The Bertz CT molecular complexity index is 2620. The third-order valence-electron chi connectivity index (χ3n) is 12.7. The molecule has 9 rings (SSSR count). The van der Waals surface area contributed by atoms with E-state index in [0.29, 0.717) is 55.3 Å². The Morgan fingerprint density at radius 1 is 0.833 bits per heavy atom. The second-order valence-electron chi connectivity index (χ2n) is 16.3. The highest BCUT2D eigenvalue weighted by Crippen LogP contribution is 2.37. The van der Waals surface area contributed by atoms with Crippen LogP contribution in [-0.4, -0.2) is 99.3 Å². The zero-order chi connectivity index (χ0) is 41.7. The molecule has 5 heterocycles. The van der Waals surface area contributed by atoms with Crippen LogP contribution in [0.15, 0.2) is 97.2 Å². The van der Waals surface area contributed by atoms with E-state index in [1.54, 1.807) is 41.1 Å². The molecule has 0 radical (unpaired) electrons. The molecule has 3 amide bonds. The number of fused-ring (bicyclic) bond motifs is 3. The molecule has 0 unspecified atom stereocenters. The monoisotopic (exact) mass is 806 g/mol. The van der Waals surface area contributed by atoms with Crippen molar-refractivity contribution in [1.82, 2.24) is 23.8 Å². The summed E-state index contributed by atoms with van der Waals surface area (Å²) >= 11 is 0. The number of para-hydroxylation sites is 1. The molecular formula is C48H50N6O6. The van der Waals surface area contributed by atoms with Gasteiger partial charge < -0.3 is 38.4 Å². The van der Waals surface area contributed by atoms with Crippen molar-refractivity contribution in [2.45, 2.75) is 38.9 Å².